The van der Waals surface area contributed by atoms with E-state index in [-0.39, 0.29) is 18.2 Å². The average Bonchev–Trinajstić information content (AvgIpc) is 2.64. The Hall–Kier alpha value is -2.82. The monoisotopic (exact) mass is 352 g/mol. The molecule has 2 amide bonds. The first kappa shape index (κ1) is 18.0. The fourth-order valence-corrected chi connectivity index (χ4v) is 3.12. The molecule has 1 heterocycles. The highest BCUT2D eigenvalue weighted by Gasteiger charge is 2.31. The van der Waals surface area contributed by atoms with E-state index in [2.05, 4.69) is 24.4 Å². The lowest BCUT2D eigenvalue weighted by atomic mass is 10.1. The van der Waals surface area contributed by atoms with E-state index in [4.69, 9.17) is 4.74 Å². The standard InChI is InChI=1S/C21H24N2O3/c1-15-7-3-4-8-17(15)11-13-22-20(24)12-14-23-18-9-5-6-10-19(18)26-16(2)21(23)25/h3-10,16H,11-14H2,1-2H3,(H,22,24). The number of hydrogen-bond acceptors (Lipinski definition) is 3. The van der Waals surface area contributed by atoms with Gasteiger partial charge in [0.15, 0.2) is 6.10 Å². The van der Waals surface area contributed by atoms with Crippen molar-refractivity contribution in [3.05, 3.63) is 59.7 Å². The first-order chi connectivity index (χ1) is 12.6. The van der Waals surface area contributed by atoms with Crippen molar-refractivity contribution in [1.82, 2.24) is 5.32 Å². The number of carbonyl (C=O) groups is 2. The predicted molar refractivity (Wildman–Crippen MR) is 101 cm³/mol. The zero-order valence-corrected chi connectivity index (χ0v) is 15.2. The molecule has 0 saturated heterocycles. The molecule has 0 aromatic heterocycles. The highest BCUT2D eigenvalue weighted by molar-refractivity contribution is 6.00. The van der Waals surface area contributed by atoms with Crippen LogP contribution in [0.2, 0.25) is 0 Å². The van der Waals surface area contributed by atoms with E-state index in [1.807, 2.05) is 36.4 Å². The van der Waals surface area contributed by atoms with Crippen molar-refractivity contribution in [3.8, 4) is 5.75 Å². The normalized spacial score (nSPS) is 16.0. The van der Waals surface area contributed by atoms with E-state index in [0.717, 1.165) is 12.1 Å². The Bertz CT molecular complexity index is 803. The summed E-state index contributed by atoms with van der Waals surface area (Å²) in [5.74, 6) is 0.513. The number of nitrogens with one attached hydrogen (secondary N) is 1. The Labute approximate surface area is 154 Å². The number of fused-ring (bicyclic) bond motifs is 1. The maximum atomic E-state index is 12.4. The van der Waals surface area contributed by atoms with Gasteiger partial charge in [-0.05, 0) is 43.5 Å². The van der Waals surface area contributed by atoms with E-state index >= 15 is 0 Å². The second-order valence-electron chi connectivity index (χ2n) is 6.49. The van der Waals surface area contributed by atoms with Crippen LogP contribution in [-0.4, -0.2) is 31.0 Å². The molecule has 2 aromatic rings. The minimum absolute atomic E-state index is 0.0528. The number of anilines is 1. The van der Waals surface area contributed by atoms with Crippen molar-refractivity contribution in [1.29, 1.82) is 0 Å². The minimum Gasteiger partial charge on any atom is -0.479 e. The molecule has 0 saturated carbocycles. The van der Waals surface area contributed by atoms with Gasteiger partial charge in [-0.25, -0.2) is 0 Å². The summed E-state index contributed by atoms with van der Waals surface area (Å²) in [4.78, 5) is 26.2. The van der Waals surface area contributed by atoms with Gasteiger partial charge in [-0.3, -0.25) is 9.59 Å². The first-order valence-electron chi connectivity index (χ1n) is 8.94. The summed E-state index contributed by atoms with van der Waals surface area (Å²) in [5.41, 5.74) is 3.19. The molecular weight excluding hydrogens is 328 g/mol. The number of amides is 2. The predicted octanol–water partition coefficient (Wildman–Crippen LogP) is 2.86. The van der Waals surface area contributed by atoms with E-state index in [9.17, 15) is 9.59 Å². The summed E-state index contributed by atoms with van der Waals surface area (Å²) in [6, 6.07) is 15.6. The number of nitrogens with zero attached hydrogens (tertiary/aromatic N) is 1. The Morgan fingerprint density at radius 2 is 1.88 bits per heavy atom. The molecule has 1 N–H and O–H groups in total. The van der Waals surface area contributed by atoms with Crippen molar-refractivity contribution >= 4 is 17.5 Å². The molecule has 0 bridgehead atoms. The van der Waals surface area contributed by atoms with Gasteiger partial charge in [0, 0.05) is 19.5 Å². The summed E-state index contributed by atoms with van der Waals surface area (Å²) in [7, 11) is 0. The molecule has 0 spiro atoms. The summed E-state index contributed by atoms with van der Waals surface area (Å²) >= 11 is 0. The van der Waals surface area contributed by atoms with E-state index in [1.165, 1.54) is 11.1 Å². The zero-order chi connectivity index (χ0) is 18.5. The fourth-order valence-electron chi connectivity index (χ4n) is 3.12. The van der Waals surface area contributed by atoms with Crippen LogP contribution >= 0.6 is 0 Å². The third-order valence-corrected chi connectivity index (χ3v) is 4.61. The van der Waals surface area contributed by atoms with Gasteiger partial charge in [0.25, 0.3) is 5.91 Å². The van der Waals surface area contributed by atoms with Crippen LogP contribution in [0.5, 0.6) is 5.75 Å². The smallest absolute Gasteiger partial charge is 0.267 e. The topological polar surface area (TPSA) is 58.6 Å². The molecule has 3 rings (SSSR count). The zero-order valence-electron chi connectivity index (χ0n) is 15.2. The van der Waals surface area contributed by atoms with Crippen molar-refractivity contribution in [2.45, 2.75) is 32.8 Å². The molecule has 5 heteroatoms. The molecule has 26 heavy (non-hydrogen) atoms. The summed E-state index contributed by atoms with van der Waals surface area (Å²) in [6.45, 7) is 4.74. The van der Waals surface area contributed by atoms with Gasteiger partial charge in [-0.2, -0.15) is 0 Å². The summed E-state index contributed by atoms with van der Waals surface area (Å²) in [5, 5.41) is 2.94. The second kappa shape index (κ2) is 8.04. The highest BCUT2D eigenvalue weighted by atomic mass is 16.5. The van der Waals surface area contributed by atoms with Crippen LogP contribution in [0.15, 0.2) is 48.5 Å². The van der Waals surface area contributed by atoms with Crippen LogP contribution in [0.1, 0.15) is 24.5 Å². The number of ether oxygens (including phenoxy) is 1. The Balaban J connectivity index is 1.53. The van der Waals surface area contributed by atoms with Crippen LogP contribution in [0.3, 0.4) is 0 Å². The van der Waals surface area contributed by atoms with E-state index < -0.39 is 6.10 Å². The van der Waals surface area contributed by atoms with Crippen LogP contribution < -0.4 is 15.0 Å². The number of hydrogen-bond donors (Lipinski definition) is 1. The molecule has 1 aliphatic rings. The summed E-state index contributed by atoms with van der Waals surface area (Å²) in [6.07, 6.45) is 0.531. The van der Waals surface area contributed by atoms with Crippen molar-refractivity contribution < 1.29 is 14.3 Å². The van der Waals surface area contributed by atoms with Crippen molar-refractivity contribution in [2.24, 2.45) is 0 Å². The highest BCUT2D eigenvalue weighted by Crippen LogP contribution is 2.33. The van der Waals surface area contributed by atoms with Gasteiger partial charge in [0.05, 0.1) is 5.69 Å². The molecule has 0 fully saturated rings. The second-order valence-corrected chi connectivity index (χ2v) is 6.49. The lowest BCUT2D eigenvalue weighted by molar-refractivity contribution is -0.125. The fraction of sp³-hybridized carbons (Fsp3) is 0.333. The molecular formula is C21H24N2O3. The minimum atomic E-state index is -0.533. The molecule has 1 unspecified atom stereocenters. The number of carbonyl (C=O) groups excluding carboxylic acids is 2. The molecule has 1 aliphatic heterocycles. The number of benzene rings is 2. The lowest BCUT2D eigenvalue weighted by Crippen LogP contribution is -2.45. The van der Waals surface area contributed by atoms with Crippen LogP contribution in [0.25, 0.3) is 0 Å². The molecule has 0 aliphatic carbocycles. The van der Waals surface area contributed by atoms with Crippen LogP contribution in [-0.2, 0) is 16.0 Å². The van der Waals surface area contributed by atoms with Gasteiger partial charge in [0.1, 0.15) is 5.75 Å². The first-order valence-corrected chi connectivity index (χ1v) is 8.94. The van der Waals surface area contributed by atoms with Gasteiger partial charge < -0.3 is 15.0 Å². The van der Waals surface area contributed by atoms with Gasteiger partial charge in [-0.15, -0.1) is 0 Å². The largest absolute Gasteiger partial charge is 0.479 e. The van der Waals surface area contributed by atoms with Gasteiger partial charge >= 0.3 is 0 Å². The Morgan fingerprint density at radius 1 is 1.15 bits per heavy atom. The van der Waals surface area contributed by atoms with Gasteiger partial charge in [-0.1, -0.05) is 36.4 Å². The molecule has 136 valence electrons. The maximum Gasteiger partial charge on any atom is 0.267 e. The third-order valence-electron chi connectivity index (χ3n) is 4.61. The Morgan fingerprint density at radius 3 is 2.69 bits per heavy atom. The molecule has 2 aromatic carbocycles. The number of para-hydroxylation sites is 2. The third kappa shape index (κ3) is 4.04. The average molecular weight is 352 g/mol. The van der Waals surface area contributed by atoms with Crippen LogP contribution in [0.4, 0.5) is 5.69 Å². The van der Waals surface area contributed by atoms with E-state index in [1.54, 1.807) is 11.8 Å². The van der Waals surface area contributed by atoms with Crippen molar-refractivity contribution in [3.63, 3.8) is 0 Å². The molecule has 0 radical (unpaired) electrons. The molecule has 5 nitrogen and oxygen atoms in total. The summed E-state index contributed by atoms with van der Waals surface area (Å²) < 4.78 is 5.61. The van der Waals surface area contributed by atoms with Gasteiger partial charge in [0.2, 0.25) is 5.91 Å². The van der Waals surface area contributed by atoms with Crippen LogP contribution in [0, 0.1) is 6.92 Å². The SMILES string of the molecule is Cc1ccccc1CCNC(=O)CCN1C(=O)C(C)Oc2ccccc21. The lowest BCUT2D eigenvalue weighted by Gasteiger charge is -2.32. The quantitative estimate of drug-likeness (QED) is 0.870. The maximum absolute atomic E-state index is 12.4. The van der Waals surface area contributed by atoms with Crippen molar-refractivity contribution in [2.75, 3.05) is 18.0 Å². The number of rotatable bonds is 6. The molecule has 1 atom stereocenters. The number of aryl methyl sites for hydroxylation is 1. The van der Waals surface area contributed by atoms with E-state index in [0.29, 0.717) is 18.8 Å². The Kier molecular flexibility index (Phi) is 5.56.